The molecule has 242 valence electrons. The number of rotatable bonds is 10. The number of amides is 1. The van der Waals surface area contributed by atoms with E-state index in [0.717, 1.165) is 33.5 Å². The van der Waals surface area contributed by atoms with Crippen molar-refractivity contribution in [1.29, 1.82) is 0 Å². The van der Waals surface area contributed by atoms with Crippen molar-refractivity contribution < 1.29 is 50.5 Å². The van der Waals surface area contributed by atoms with Crippen LogP contribution in [0.1, 0.15) is 32.0 Å². The molecule has 1 amide bonds. The van der Waals surface area contributed by atoms with E-state index in [2.05, 4.69) is 10.4 Å². The number of benzene rings is 2. The summed E-state index contributed by atoms with van der Waals surface area (Å²) in [6.45, 7) is 6.16. The van der Waals surface area contributed by atoms with E-state index in [9.17, 15) is 36.4 Å². The average Bonchev–Trinajstić information content (AvgIpc) is 3.40. The Morgan fingerprint density at radius 3 is 2.29 bits per heavy atom. The van der Waals surface area contributed by atoms with Crippen molar-refractivity contribution in [1.82, 2.24) is 19.5 Å². The maximum absolute atomic E-state index is 13.5. The minimum atomic E-state index is -4.72. The van der Waals surface area contributed by atoms with Gasteiger partial charge in [0.15, 0.2) is 5.69 Å². The number of hydrogen-bond acceptors (Lipinski definition) is 10. The van der Waals surface area contributed by atoms with E-state index in [1.165, 1.54) is 19.1 Å². The molecule has 14 nitrogen and oxygen atoms in total. The molecule has 1 aliphatic rings. The van der Waals surface area contributed by atoms with Crippen LogP contribution in [0.15, 0.2) is 64.8 Å². The zero-order valence-electron chi connectivity index (χ0n) is 24.4. The Labute approximate surface area is 255 Å². The highest BCUT2D eigenvalue weighted by molar-refractivity contribution is 7.90. The van der Waals surface area contributed by atoms with Crippen LogP contribution in [-0.4, -0.2) is 65.7 Å². The van der Waals surface area contributed by atoms with Crippen LogP contribution in [0.4, 0.5) is 18.0 Å². The molecule has 1 aliphatic heterocycles. The summed E-state index contributed by atoms with van der Waals surface area (Å²) in [7, 11) is -4.44. The van der Waals surface area contributed by atoms with E-state index in [1.807, 2.05) is 6.92 Å². The molecule has 1 fully saturated rings. The summed E-state index contributed by atoms with van der Waals surface area (Å²) in [4.78, 5) is 28.3. The van der Waals surface area contributed by atoms with Gasteiger partial charge in [0.05, 0.1) is 27.2 Å². The minimum absolute atomic E-state index is 0.0668. The summed E-state index contributed by atoms with van der Waals surface area (Å²) in [5, 5.41) is 20.0. The summed E-state index contributed by atoms with van der Waals surface area (Å²) >= 11 is 0. The number of alkyl halides is 3. The predicted molar refractivity (Wildman–Crippen MR) is 148 cm³/mol. The van der Waals surface area contributed by atoms with E-state index in [1.54, 1.807) is 42.8 Å². The van der Waals surface area contributed by atoms with Crippen LogP contribution in [0.25, 0.3) is 16.9 Å². The molecule has 45 heavy (non-hydrogen) atoms. The van der Waals surface area contributed by atoms with Crippen LogP contribution in [0.5, 0.6) is 0 Å². The first-order chi connectivity index (χ1) is 21.0. The molecule has 1 atom stereocenters. The van der Waals surface area contributed by atoms with E-state index < -0.39 is 52.3 Å². The number of nitrogens with zero attached hydrogens (tertiary/aromatic N) is 5. The highest BCUT2D eigenvalue weighted by Gasteiger charge is 2.38. The van der Waals surface area contributed by atoms with E-state index in [0.29, 0.717) is 5.56 Å². The second kappa shape index (κ2) is 13.0. The van der Waals surface area contributed by atoms with Crippen molar-refractivity contribution >= 4 is 22.1 Å². The summed E-state index contributed by atoms with van der Waals surface area (Å²) in [6.07, 6.45) is -8.01. The van der Waals surface area contributed by atoms with Gasteiger partial charge in [-0.25, -0.2) is 22.6 Å². The molecule has 0 radical (unpaired) electrons. The second-order valence-electron chi connectivity index (χ2n) is 10.3. The fraction of sp³-hybridized carbons (Fsp3) is 0.370. The maximum atomic E-state index is 13.5. The second-order valence-corrected chi connectivity index (χ2v) is 12.0. The number of hydrazine groups is 1. The number of nitrogens with one attached hydrogen (secondary N) is 1. The summed E-state index contributed by atoms with van der Waals surface area (Å²) < 4.78 is 78.6. The van der Waals surface area contributed by atoms with Crippen LogP contribution >= 0.6 is 0 Å². The molecule has 1 saturated heterocycles. The van der Waals surface area contributed by atoms with Crippen molar-refractivity contribution in [2.75, 3.05) is 13.1 Å². The van der Waals surface area contributed by atoms with Crippen molar-refractivity contribution in [2.45, 2.75) is 51.2 Å². The number of ether oxygens (including phenoxy) is 2. The van der Waals surface area contributed by atoms with Crippen LogP contribution in [0.2, 0.25) is 0 Å². The Bertz CT molecular complexity index is 1670. The topological polar surface area (TPSA) is 167 Å². The average molecular weight is 655 g/mol. The van der Waals surface area contributed by atoms with Gasteiger partial charge in [-0.3, -0.25) is 9.63 Å². The molecular formula is C27H29F3N6O8S. The Balaban J connectivity index is 1.36. The van der Waals surface area contributed by atoms with Gasteiger partial charge in [0.2, 0.25) is 5.28 Å². The van der Waals surface area contributed by atoms with Gasteiger partial charge in [0, 0.05) is 12.5 Å². The quantitative estimate of drug-likeness (QED) is 0.109. The van der Waals surface area contributed by atoms with Crippen molar-refractivity contribution in [3.05, 3.63) is 71.1 Å². The third kappa shape index (κ3) is 8.20. The normalized spacial score (nSPS) is 14.9. The number of sulfonamides is 1. The molecule has 4 rings (SSSR count). The van der Waals surface area contributed by atoms with Gasteiger partial charge in [-0.05, 0) is 37.3 Å². The number of halogens is 3. The van der Waals surface area contributed by atoms with Gasteiger partial charge < -0.3 is 14.7 Å². The molecule has 1 aromatic heterocycles. The monoisotopic (exact) mass is 654 g/mol. The first-order valence-electron chi connectivity index (χ1n) is 13.4. The lowest BCUT2D eigenvalue weighted by molar-refractivity contribution is -0.728. The Morgan fingerprint density at radius 1 is 1.09 bits per heavy atom. The summed E-state index contributed by atoms with van der Waals surface area (Å²) in [6, 6.07) is 12.3. The largest absolute Gasteiger partial charge is 0.569 e. The number of hydrogen-bond donors (Lipinski definition) is 1. The molecule has 2 heterocycles. The zero-order valence-corrected chi connectivity index (χ0v) is 25.2. The molecule has 0 saturated carbocycles. The smallest absolute Gasteiger partial charge is 0.435 e. The van der Waals surface area contributed by atoms with E-state index in [4.69, 9.17) is 14.3 Å². The lowest BCUT2D eigenvalue weighted by atomic mass is 10.1. The molecule has 1 unspecified atom stereocenters. The van der Waals surface area contributed by atoms with Gasteiger partial charge in [0.25, 0.3) is 16.3 Å². The number of aromatic nitrogens is 2. The standard InChI is InChI=1S/C27H29F3N6O8S/c1-16(2)25(37)42-18(4)44-33-36(39)34-14-21(15-34)43-26(38)32-45(40,41)22-11-9-20(10-12-22)35-23(13-24(31-35)27(28,29)30)19-7-5-17(3)6-8-19/h5-13,16,18,21H,14-15H2,1-4H3,(H,32,38)/b36-33+. The summed E-state index contributed by atoms with van der Waals surface area (Å²) in [5.74, 6) is -0.953. The van der Waals surface area contributed by atoms with Gasteiger partial charge >= 0.3 is 18.2 Å². The number of aryl methyl sites for hydroxylation is 1. The molecule has 1 N–H and O–H groups in total. The summed E-state index contributed by atoms with van der Waals surface area (Å²) in [5.41, 5.74) is 0.510. The van der Waals surface area contributed by atoms with Gasteiger partial charge in [-0.15, -0.1) is 5.01 Å². The van der Waals surface area contributed by atoms with E-state index in [-0.39, 0.29) is 34.3 Å². The van der Waals surface area contributed by atoms with Gasteiger partial charge in [-0.2, -0.15) is 18.3 Å². The molecule has 0 spiro atoms. The lowest BCUT2D eigenvalue weighted by Crippen LogP contribution is -2.56. The lowest BCUT2D eigenvalue weighted by Gasteiger charge is -2.33. The Morgan fingerprint density at radius 2 is 1.71 bits per heavy atom. The highest BCUT2D eigenvalue weighted by atomic mass is 32.2. The minimum Gasteiger partial charge on any atom is -0.569 e. The maximum Gasteiger partial charge on any atom is 0.435 e. The third-order valence-corrected chi connectivity index (χ3v) is 7.65. The van der Waals surface area contributed by atoms with Crippen molar-refractivity contribution in [3.63, 3.8) is 0 Å². The first-order valence-corrected chi connectivity index (χ1v) is 14.9. The Kier molecular flexibility index (Phi) is 9.55. The van der Waals surface area contributed by atoms with E-state index >= 15 is 0 Å². The zero-order chi connectivity index (χ0) is 33.1. The van der Waals surface area contributed by atoms with Crippen LogP contribution in [0.3, 0.4) is 0 Å². The third-order valence-electron chi connectivity index (χ3n) is 6.32. The number of carbonyl (C=O) groups excluding carboxylic acids is 2. The predicted octanol–water partition coefficient (Wildman–Crippen LogP) is 4.32. The van der Waals surface area contributed by atoms with Gasteiger partial charge in [0.1, 0.15) is 19.2 Å². The fourth-order valence-electron chi connectivity index (χ4n) is 3.87. The molecule has 3 aromatic rings. The molecular weight excluding hydrogens is 625 g/mol. The molecule has 0 bridgehead atoms. The SMILES string of the molecule is Cc1ccc(-c2cc(C(F)(F)F)nn2-c2ccc(S(=O)(=O)NC(=O)OC3CN(/[N+]([O-])=N\OC(C)OC(=O)C(C)C)C3)cc2)cc1. The molecule has 0 aliphatic carbocycles. The molecule has 2 aromatic carbocycles. The molecule has 18 heteroatoms. The Hall–Kier alpha value is -4.87. The van der Waals surface area contributed by atoms with Crippen LogP contribution in [0, 0.1) is 18.0 Å². The van der Waals surface area contributed by atoms with Crippen molar-refractivity contribution in [3.8, 4) is 16.9 Å². The van der Waals surface area contributed by atoms with Crippen LogP contribution < -0.4 is 4.72 Å². The van der Waals surface area contributed by atoms with Crippen molar-refractivity contribution in [2.24, 2.45) is 11.2 Å². The first kappa shape index (κ1) is 33.0. The number of esters is 1. The van der Waals surface area contributed by atoms with Gasteiger partial charge in [-0.1, -0.05) is 43.7 Å². The fourth-order valence-corrected chi connectivity index (χ4v) is 4.75. The highest BCUT2D eigenvalue weighted by Crippen LogP contribution is 2.33. The van der Waals surface area contributed by atoms with Crippen LogP contribution in [-0.2, 0) is 35.3 Å². The number of carbonyl (C=O) groups is 2.